The van der Waals surface area contributed by atoms with E-state index in [-0.39, 0.29) is 0 Å². The number of hydrogen-bond acceptors (Lipinski definition) is 2. The number of hydrogen-bond donors (Lipinski definition) is 0. The summed E-state index contributed by atoms with van der Waals surface area (Å²) in [5, 5.41) is 0. The van der Waals surface area contributed by atoms with Crippen LogP contribution in [0.1, 0.15) is 12.8 Å². The largest absolute Gasteiger partial charge is 0.384 e. The van der Waals surface area contributed by atoms with Crippen LogP contribution < -0.4 is 0 Å². The number of piperidine rings is 1. The van der Waals surface area contributed by atoms with Crippen LogP contribution in [-0.2, 0) is 9.53 Å². The van der Waals surface area contributed by atoms with Gasteiger partial charge in [-0.15, -0.1) is 0 Å². The molecule has 1 fully saturated rings. The van der Waals surface area contributed by atoms with E-state index in [0.717, 1.165) is 32.5 Å². The minimum atomic E-state index is 0.555. The van der Waals surface area contributed by atoms with Crippen molar-refractivity contribution in [1.82, 2.24) is 4.90 Å². The molecule has 0 spiro atoms. The molecular weight excluding hydrogens is 142 g/mol. The molecule has 0 unspecified atom stereocenters. The van der Waals surface area contributed by atoms with Gasteiger partial charge in [0.15, 0.2) is 0 Å². The van der Waals surface area contributed by atoms with Crippen molar-refractivity contribution in [3.63, 3.8) is 0 Å². The maximum atomic E-state index is 10.4. The lowest BCUT2D eigenvalue weighted by molar-refractivity contribution is -0.120. The monoisotopic (exact) mass is 157 g/mol. The van der Waals surface area contributed by atoms with Gasteiger partial charge in [0.2, 0.25) is 6.41 Å². The summed E-state index contributed by atoms with van der Waals surface area (Å²) >= 11 is 0. The van der Waals surface area contributed by atoms with Crippen molar-refractivity contribution in [1.29, 1.82) is 0 Å². The third kappa shape index (κ3) is 2.50. The summed E-state index contributed by atoms with van der Waals surface area (Å²) in [4.78, 5) is 12.2. The predicted molar refractivity (Wildman–Crippen MR) is 42.2 cm³/mol. The molecule has 1 heterocycles. The van der Waals surface area contributed by atoms with Crippen LogP contribution >= 0.6 is 0 Å². The molecule has 0 radical (unpaired) electrons. The average Bonchev–Trinajstić information content (AvgIpc) is 2.06. The zero-order valence-corrected chi connectivity index (χ0v) is 6.95. The third-order valence-corrected chi connectivity index (χ3v) is 2.10. The van der Waals surface area contributed by atoms with Gasteiger partial charge in [0.25, 0.3) is 0 Å². The molecule has 64 valence electrons. The molecule has 1 aliphatic rings. The number of likely N-dealkylation sites (tertiary alicyclic amines) is 1. The number of ether oxygens (including phenoxy) is 1. The molecule has 3 heteroatoms. The molecule has 0 N–H and O–H groups in total. The zero-order chi connectivity index (χ0) is 8.10. The topological polar surface area (TPSA) is 29.5 Å². The fraction of sp³-hybridized carbons (Fsp3) is 0.875. The van der Waals surface area contributed by atoms with E-state index in [1.807, 2.05) is 4.90 Å². The maximum Gasteiger partial charge on any atom is 0.209 e. The first-order chi connectivity index (χ1) is 5.36. The third-order valence-electron chi connectivity index (χ3n) is 2.10. The van der Waals surface area contributed by atoms with Crippen molar-refractivity contribution in [3.8, 4) is 0 Å². The van der Waals surface area contributed by atoms with Gasteiger partial charge >= 0.3 is 0 Å². The van der Waals surface area contributed by atoms with E-state index in [1.54, 1.807) is 7.11 Å². The molecule has 1 aliphatic heterocycles. The van der Waals surface area contributed by atoms with Crippen LogP contribution in [0.5, 0.6) is 0 Å². The highest BCUT2D eigenvalue weighted by atomic mass is 16.5. The SMILES string of the molecule is COC[C@H]1CCCN(C=O)C1. The van der Waals surface area contributed by atoms with Gasteiger partial charge < -0.3 is 9.64 Å². The van der Waals surface area contributed by atoms with Crippen molar-refractivity contribution in [2.24, 2.45) is 5.92 Å². The number of methoxy groups -OCH3 is 1. The summed E-state index contributed by atoms with van der Waals surface area (Å²) in [6.45, 7) is 2.57. The summed E-state index contributed by atoms with van der Waals surface area (Å²) in [5.41, 5.74) is 0. The Morgan fingerprint density at radius 3 is 3.18 bits per heavy atom. The van der Waals surface area contributed by atoms with Crippen LogP contribution in [0.3, 0.4) is 0 Å². The zero-order valence-electron chi connectivity index (χ0n) is 6.95. The Labute approximate surface area is 67.3 Å². The summed E-state index contributed by atoms with van der Waals surface area (Å²) in [7, 11) is 1.71. The number of amides is 1. The van der Waals surface area contributed by atoms with Crippen molar-refractivity contribution >= 4 is 6.41 Å². The fourth-order valence-electron chi connectivity index (χ4n) is 1.56. The van der Waals surface area contributed by atoms with Gasteiger partial charge in [-0.25, -0.2) is 0 Å². The highest BCUT2D eigenvalue weighted by Crippen LogP contribution is 2.14. The molecule has 1 atom stereocenters. The van der Waals surface area contributed by atoms with Gasteiger partial charge in [-0.2, -0.15) is 0 Å². The van der Waals surface area contributed by atoms with Crippen molar-refractivity contribution < 1.29 is 9.53 Å². The number of carbonyl (C=O) groups is 1. The van der Waals surface area contributed by atoms with E-state index in [0.29, 0.717) is 5.92 Å². The summed E-state index contributed by atoms with van der Waals surface area (Å²) in [6, 6.07) is 0. The summed E-state index contributed by atoms with van der Waals surface area (Å²) < 4.78 is 5.03. The molecule has 0 aromatic rings. The van der Waals surface area contributed by atoms with Crippen LogP contribution in [0, 0.1) is 5.92 Å². The summed E-state index contributed by atoms with van der Waals surface area (Å²) in [6.07, 6.45) is 3.24. The molecule has 1 saturated heterocycles. The normalized spacial score (nSPS) is 25.2. The predicted octanol–water partition coefficient (Wildman–Crippen LogP) is 0.501. The first-order valence-corrected chi connectivity index (χ1v) is 4.05. The maximum absolute atomic E-state index is 10.4. The van der Waals surface area contributed by atoms with Gasteiger partial charge in [0.1, 0.15) is 0 Å². The van der Waals surface area contributed by atoms with E-state index in [1.165, 1.54) is 6.42 Å². The molecule has 11 heavy (non-hydrogen) atoms. The van der Waals surface area contributed by atoms with Gasteiger partial charge in [-0.05, 0) is 18.8 Å². The van der Waals surface area contributed by atoms with Crippen molar-refractivity contribution in [2.45, 2.75) is 12.8 Å². The molecule has 0 aromatic heterocycles. The van der Waals surface area contributed by atoms with Gasteiger partial charge in [0, 0.05) is 20.2 Å². The standard InChI is InChI=1S/C8H15NO2/c1-11-6-8-3-2-4-9(5-8)7-10/h7-8H,2-6H2,1H3/t8-/m0/s1. The second kappa shape index (κ2) is 4.34. The lowest BCUT2D eigenvalue weighted by Crippen LogP contribution is -2.35. The van der Waals surface area contributed by atoms with E-state index in [9.17, 15) is 4.79 Å². The minimum absolute atomic E-state index is 0.555. The smallest absolute Gasteiger partial charge is 0.209 e. The molecular formula is C8H15NO2. The highest BCUT2D eigenvalue weighted by molar-refractivity contribution is 5.47. The highest BCUT2D eigenvalue weighted by Gasteiger charge is 2.17. The van der Waals surface area contributed by atoms with Gasteiger partial charge in [0.05, 0.1) is 6.61 Å². The van der Waals surface area contributed by atoms with Crippen LogP contribution in [0.2, 0.25) is 0 Å². The molecule has 1 rings (SSSR count). The molecule has 0 bridgehead atoms. The van der Waals surface area contributed by atoms with Crippen LogP contribution in [0.4, 0.5) is 0 Å². The Morgan fingerprint density at radius 1 is 1.73 bits per heavy atom. The Hall–Kier alpha value is -0.570. The van der Waals surface area contributed by atoms with Crippen molar-refractivity contribution in [3.05, 3.63) is 0 Å². The Balaban J connectivity index is 2.27. The quantitative estimate of drug-likeness (QED) is 0.558. The molecule has 0 aromatic carbocycles. The van der Waals surface area contributed by atoms with Gasteiger partial charge in [-0.1, -0.05) is 0 Å². The first kappa shape index (κ1) is 8.53. The Kier molecular flexibility index (Phi) is 3.36. The number of nitrogens with zero attached hydrogens (tertiary/aromatic N) is 1. The molecule has 3 nitrogen and oxygen atoms in total. The van der Waals surface area contributed by atoms with E-state index in [4.69, 9.17) is 4.74 Å². The average molecular weight is 157 g/mol. The fourth-order valence-corrected chi connectivity index (χ4v) is 1.56. The second-order valence-electron chi connectivity index (χ2n) is 3.06. The minimum Gasteiger partial charge on any atom is -0.384 e. The molecule has 1 amide bonds. The Bertz CT molecular complexity index is 125. The lowest BCUT2D eigenvalue weighted by Gasteiger charge is -2.29. The molecule has 0 saturated carbocycles. The van der Waals surface area contributed by atoms with E-state index >= 15 is 0 Å². The van der Waals surface area contributed by atoms with E-state index in [2.05, 4.69) is 0 Å². The van der Waals surface area contributed by atoms with Crippen LogP contribution in [0.25, 0.3) is 0 Å². The first-order valence-electron chi connectivity index (χ1n) is 4.05. The number of carbonyl (C=O) groups excluding carboxylic acids is 1. The van der Waals surface area contributed by atoms with Gasteiger partial charge in [-0.3, -0.25) is 4.79 Å². The van der Waals surface area contributed by atoms with Crippen molar-refractivity contribution in [2.75, 3.05) is 26.8 Å². The number of rotatable bonds is 3. The van der Waals surface area contributed by atoms with E-state index < -0.39 is 0 Å². The molecule has 0 aliphatic carbocycles. The van der Waals surface area contributed by atoms with Crippen LogP contribution in [0.15, 0.2) is 0 Å². The van der Waals surface area contributed by atoms with Crippen LogP contribution in [-0.4, -0.2) is 38.1 Å². The lowest BCUT2D eigenvalue weighted by atomic mass is 10.00. The Morgan fingerprint density at radius 2 is 2.55 bits per heavy atom. The summed E-state index contributed by atoms with van der Waals surface area (Å²) in [5.74, 6) is 0.555. The second-order valence-corrected chi connectivity index (χ2v) is 3.06.